The number of ether oxygens (including phenoxy) is 1. The predicted molar refractivity (Wildman–Crippen MR) is 64.8 cm³/mol. The van der Waals surface area contributed by atoms with Crippen LogP contribution in [0.3, 0.4) is 0 Å². The van der Waals surface area contributed by atoms with E-state index in [-0.39, 0.29) is 11.4 Å². The Balaban J connectivity index is 2.97. The van der Waals surface area contributed by atoms with Crippen molar-refractivity contribution in [3.05, 3.63) is 12.7 Å². The van der Waals surface area contributed by atoms with Gasteiger partial charge < -0.3 is 4.74 Å². The van der Waals surface area contributed by atoms with Crippen LogP contribution in [-0.4, -0.2) is 15.6 Å². The van der Waals surface area contributed by atoms with Gasteiger partial charge in [0, 0.05) is 5.41 Å². The summed E-state index contributed by atoms with van der Waals surface area (Å²) in [6.45, 7) is 13.9. The Bertz CT molecular complexity index is 292. The number of carbonyl (C=O) groups excluding carboxylic acids is 1. The van der Waals surface area contributed by atoms with Gasteiger partial charge in [0.2, 0.25) is 0 Å². The lowest BCUT2D eigenvalue weighted by atomic mass is 9.89. The molecule has 0 unspecified atom stereocenters. The van der Waals surface area contributed by atoms with Crippen LogP contribution in [0.4, 0.5) is 0 Å². The topological polar surface area (TPSA) is 26.3 Å². The third-order valence-corrected chi connectivity index (χ3v) is 4.90. The van der Waals surface area contributed by atoms with Crippen LogP contribution in [0.1, 0.15) is 41.0 Å². The summed E-state index contributed by atoms with van der Waals surface area (Å²) in [7, 11) is 0. The molecule has 0 aliphatic carbocycles. The smallest absolute Gasteiger partial charge is 0.323 e. The average molecular weight is 228 g/mol. The van der Waals surface area contributed by atoms with Gasteiger partial charge in [0.15, 0.2) is 4.93 Å². The fraction of sp³-hybridized carbons (Fsp3) is 0.750. The molecule has 86 valence electrons. The summed E-state index contributed by atoms with van der Waals surface area (Å²) < 4.78 is 5.09. The molecule has 0 radical (unpaired) electrons. The number of carbonyl (C=O) groups is 1. The SMILES string of the molecule is C=CC[C@@]1(C)S[C@](C)(C(C)(C)C)OC1=O. The molecule has 3 heteroatoms. The van der Waals surface area contributed by atoms with Crippen molar-refractivity contribution in [3.8, 4) is 0 Å². The highest BCUT2D eigenvalue weighted by molar-refractivity contribution is 8.03. The summed E-state index contributed by atoms with van der Waals surface area (Å²) in [6.07, 6.45) is 2.44. The highest BCUT2D eigenvalue weighted by Crippen LogP contribution is 2.55. The van der Waals surface area contributed by atoms with Crippen LogP contribution in [-0.2, 0) is 9.53 Å². The molecular weight excluding hydrogens is 208 g/mol. The minimum atomic E-state index is -0.468. The van der Waals surface area contributed by atoms with E-state index < -0.39 is 9.68 Å². The van der Waals surface area contributed by atoms with Crippen LogP contribution in [0.25, 0.3) is 0 Å². The fourth-order valence-corrected chi connectivity index (χ4v) is 3.09. The van der Waals surface area contributed by atoms with E-state index in [1.807, 2.05) is 13.8 Å². The maximum Gasteiger partial charge on any atom is 0.323 e. The molecule has 15 heavy (non-hydrogen) atoms. The van der Waals surface area contributed by atoms with E-state index in [2.05, 4.69) is 27.4 Å². The highest BCUT2D eigenvalue weighted by Gasteiger charge is 2.56. The van der Waals surface area contributed by atoms with Crippen molar-refractivity contribution in [2.24, 2.45) is 5.41 Å². The summed E-state index contributed by atoms with van der Waals surface area (Å²) in [6, 6.07) is 0. The number of esters is 1. The fourth-order valence-electron chi connectivity index (χ4n) is 1.48. The zero-order chi connectivity index (χ0) is 11.9. The third kappa shape index (κ3) is 2.07. The molecule has 2 nitrogen and oxygen atoms in total. The van der Waals surface area contributed by atoms with Gasteiger partial charge in [-0.25, -0.2) is 0 Å². The van der Waals surface area contributed by atoms with E-state index >= 15 is 0 Å². The van der Waals surface area contributed by atoms with E-state index in [4.69, 9.17) is 4.74 Å². The van der Waals surface area contributed by atoms with Gasteiger partial charge in [-0.15, -0.1) is 6.58 Å². The van der Waals surface area contributed by atoms with E-state index in [1.54, 1.807) is 17.8 Å². The Labute approximate surface area is 96.5 Å². The van der Waals surface area contributed by atoms with E-state index in [9.17, 15) is 4.79 Å². The van der Waals surface area contributed by atoms with Gasteiger partial charge in [-0.05, 0) is 20.3 Å². The molecule has 0 saturated carbocycles. The number of hydrogen-bond donors (Lipinski definition) is 0. The van der Waals surface area contributed by atoms with Gasteiger partial charge >= 0.3 is 5.97 Å². The minimum Gasteiger partial charge on any atom is -0.447 e. The quantitative estimate of drug-likeness (QED) is 0.535. The number of rotatable bonds is 2. The van der Waals surface area contributed by atoms with Crippen molar-refractivity contribution in [2.75, 3.05) is 0 Å². The van der Waals surface area contributed by atoms with Crippen LogP contribution >= 0.6 is 11.8 Å². The molecule has 0 aromatic carbocycles. The first-order chi connectivity index (χ1) is 6.65. The van der Waals surface area contributed by atoms with Crippen LogP contribution in [0.15, 0.2) is 12.7 Å². The molecule has 1 fully saturated rings. The van der Waals surface area contributed by atoms with Crippen molar-refractivity contribution in [1.82, 2.24) is 0 Å². The van der Waals surface area contributed by atoms with Gasteiger partial charge in [0.1, 0.15) is 4.75 Å². The molecule has 0 aromatic heterocycles. The Morgan fingerprint density at radius 1 is 1.47 bits per heavy atom. The summed E-state index contributed by atoms with van der Waals surface area (Å²) in [5.41, 5.74) is -0.0632. The van der Waals surface area contributed by atoms with Crippen molar-refractivity contribution in [1.29, 1.82) is 0 Å². The van der Waals surface area contributed by atoms with Gasteiger partial charge in [-0.1, -0.05) is 38.6 Å². The summed E-state index contributed by atoms with van der Waals surface area (Å²) in [4.78, 5) is 11.4. The standard InChI is InChI=1S/C12H20O2S/c1-7-8-11(5)9(13)14-12(6,15-11)10(2,3)4/h7H,1,8H2,2-6H3/t11-,12-/m1/s1. The lowest BCUT2D eigenvalue weighted by molar-refractivity contribution is -0.155. The Hall–Kier alpha value is -0.440. The first kappa shape index (κ1) is 12.6. The average Bonchev–Trinajstić information content (AvgIpc) is 2.23. The maximum absolute atomic E-state index is 11.9. The molecule has 1 aliphatic heterocycles. The molecule has 2 atom stereocenters. The summed E-state index contributed by atoms with van der Waals surface area (Å²) in [5.74, 6) is -0.121. The first-order valence-corrected chi connectivity index (χ1v) is 6.01. The zero-order valence-electron chi connectivity index (χ0n) is 10.2. The molecule has 1 rings (SSSR count). The second kappa shape index (κ2) is 3.55. The zero-order valence-corrected chi connectivity index (χ0v) is 11.0. The summed E-state index contributed by atoms with van der Waals surface area (Å²) >= 11 is 1.61. The van der Waals surface area contributed by atoms with E-state index in [0.29, 0.717) is 6.42 Å². The number of cyclic esters (lactones) is 1. The van der Waals surface area contributed by atoms with Crippen LogP contribution in [0.5, 0.6) is 0 Å². The lowest BCUT2D eigenvalue weighted by Gasteiger charge is -2.36. The normalized spacial score (nSPS) is 36.5. The molecule has 0 aromatic rings. The van der Waals surface area contributed by atoms with Crippen molar-refractivity contribution < 1.29 is 9.53 Å². The van der Waals surface area contributed by atoms with Crippen molar-refractivity contribution in [3.63, 3.8) is 0 Å². The molecule has 0 spiro atoms. The number of allylic oxidation sites excluding steroid dienone is 1. The second-order valence-corrected chi connectivity index (χ2v) is 7.30. The minimum absolute atomic E-state index is 0.0632. The molecule has 1 aliphatic rings. The van der Waals surface area contributed by atoms with Crippen molar-refractivity contribution >= 4 is 17.7 Å². The van der Waals surface area contributed by atoms with Crippen LogP contribution in [0, 0.1) is 5.41 Å². The Morgan fingerprint density at radius 3 is 2.33 bits per heavy atom. The van der Waals surface area contributed by atoms with Gasteiger partial charge in [-0.3, -0.25) is 4.79 Å². The highest BCUT2D eigenvalue weighted by atomic mass is 32.2. The van der Waals surface area contributed by atoms with Crippen molar-refractivity contribution in [2.45, 2.75) is 50.7 Å². The summed E-state index contributed by atoms with van der Waals surface area (Å²) in [5, 5.41) is 0. The molecule has 0 amide bonds. The Morgan fingerprint density at radius 2 is 2.00 bits per heavy atom. The maximum atomic E-state index is 11.9. The van der Waals surface area contributed by atoms with Gasteiger partial charge in [0.05, 0.1) is 0 Å². The van der Waals surface area contributed by atoms with Gasteiger partial charge in [0.25, 0.3) is 0 Å². The molecule has 1 saturated heterocycles. The van der Waals surface area contributed by atoms with Gasteiger partial charge in [-0.2, -0.15) is 0 Å². The molecule has 0 N–H and O–H groups in total. The third-order valence-electron chi connectivity index (χ3n) is 3.04. The van der Waals surface area contributed by atoms with E-state index in [1.165, 1.54) is 0 Å². The predicted octanol–water partition coefficient (Wildman–Crippen LogP) is 3.37. The monoisotopic (exact) mass is 228 g/mol. The number of thioether (sulfide) groups is 1. The second-order valence-electron chi connectivity index (χ2n) is 5.41. The molecule has 0 bridgehead atoms. The first-order valence-electron chi connectivity index (χ1n) is 5.19. The Kier molecular flexibility index (Phi) is 2.99. The number of hydrogen-bond acceptors (Lipinski definition) is 3. The largest absolute Gasteiger partial charge is 0.447 e. The van der Waals surface area contributed by atoms with Crippen LogP contribution < -0.4 is 0 Å². The molecular formula is C12H20O2S. The lowest BCUT2D eigenvalue weighted by Crippen LogP contribution is -2.36. The molecule has 1 heterocycles. The van der Waals surface area contributed by atoms with E-state index in [0.717, 1.165) is 0 Å². The van der Waals surface area contributed by atoms with Crippen LogP contribution in [0.2, 0.25) is 0 Å².